The number of nitrogen functional groups attached to an aromatic ring is 1. The highest BCUT2D eigenvalue weighted by Crippen LogP contribution is 2.24. The zero-order chi connectivity index (χ0) is 13.1. The molecule has 2 rings (SSSR count). The minimum atomic E-state index is 0.342. The van der Waals surface area contributed by atoms with Crippen molar-refractivity contribution >= 4 is 22.8 Å². The van der Waals surface area contributed by atoms with Crippen molar-refractivity contribution in [1.29, 1.82) is 0 Å². The van der Waals surface area contributed by atoms with Gasteiger partial charge in [0.05, 0.1) is 5.69 Å². The molecule has 1 aromatic carbocycles. The van der Waals surface area contributed by atoms with Crippen LogP contribution in [0.5, 0.6) is 0 Å². The molecule has 0 spiro atoms. The van der Waals surface area contributed by atoms with Crippen LogP contribution in [0, 0.1) is 5.92 Å². The molecule has 3 N–H and O–H groups in total. The van der Waals surface area contributed by atoms with Crippen molar-refractivity contribution in [2.24, 2.45) is 5.92 Å². The fraction of sp³-hybridized carbons (Fsp3) is 0.500. The maximum atomic E-state index is 5.85. The average molecular weight is 247 g/mol. The van der Waals surface area contributed by atoms with E-state index in [4.69, 9.17) is 10.2 Å². The maximum Gasteiger partial charge on any atom is 0.295 e. The van der Waals surface area contributed by atoms with E-state index in [9.17, 15) is 0 Å². The van der Waals surface area contributed by atoms with E-state index in [-0.39, 0.29) is 0 Å². The van der Waals surface area contributed by atoms with E-state index >= 15 is 0 Å². The number of aromatic nitrogens is 1. The van der Waals surface area contributed by atoms with Gasteiger partial charge in [-0.1, -0.05) is 26.3 Å². The maximum absolute atomic E-state index is 5.85. The molecule has 18 heavy (non-hydrogen) atoms. The number of rotatable bonds is 5. The molecule has 0 bridgehead atoms. The monoisotopic (exact) mass is 247 g/mol. The summed E-state index contributed by atoms with van der Waals surface area (Å²) in [6, 6.07) is 6.48. The summed E-state index contributed by atoms with van der Waals surface area (Å²) in [6.45, 7) is 6.60. The fourth-order valence-corrected chi connectivity index (χ4v) is 2.07. The lowest BCUT2D eigenvalue weighted by Crippen LogP contribution is -2.18. The Hall–Kier alpha value is -1.71. The van der Waals surface area contributed by atoms with E-state index in [1.165, 1.54) is 6.42 Å². The van der Waals surface area contributed by atoms with Gasteiger partial charge >= 0.3 is 0 Å². The normalized spacial score (nSPS) is 14.6. The van der Waals surface area contributed by atoms with Crippen LogP contribution in [-0.2, 0) is 0 Å². The van der Waals surface area contributed by atoms with Gasteiger partial charge in [0.2, 0.25) is 0 Å². The Labute approximate surface area is 108 Å². The zero-order valence-electron chi connectivity index (χ0n) is 11.2. The van der Waals surface area contributed by atoms with Crippen molar-refractivity contribution in [2.75, 3.05) is 11.1 Å². The quantitative estimate of drug-likeness (QED) is 0.792. The molecule has 2 atom stereocenters. The third-order valence-electron chi connectivity index (χ3n) is 3.27. The predicted molar refractivity (Wildman–Crippen MR) is 75.6 cm³/mol. The van der Waals surface area contributed by atoms with Crippen LogP contribution in [0.15, 0.2) is 22.6 Å². The standard InChI is InChI=1S/C14H21N3O/c1-4-9(2)8-10(3)16-14-17-13-11(15)6-5-7-12(13)18-14/h5-7,9-10H,4,8,15H2,1-3H3,(H,16,17). The van der Waals surface area contributed by atoms with Crippen LogP contribution in [0.4, 0.5) is 11.7 Å². The number of nitrogens with one attached hydrogen (secondary N) is 1. The molecule has 4 heteroatoms. The smallest absolute Gasteiger partial charge is 0.295 e. The van der Waals surface area contributed by atoms with Crippen LogP contribution in [0.2, 0.25) is 0 Å². The fourth-order valence-electron chi connectivity index (χ4n) is 2.07. The number of nitrogens with zero attached hydrogens (tertiary/aromatic N) is 1. The third-order valence-corrected chi connectivity index (χ3v) is 3.27. The molecule has 0 amide bonds. The number of fused-ring (bicyclic) bond motifs is 1. The predicted octanol–water partition coefficient (Wildman–Crippen LogP) is 3.65. The average Bonchev–Trinajstić information content (AvgIpc) is 2.72. The molecule has 4 nitrogen and oxygen atoms in total. The summed E-state index contributed by atoms with van der Waals surface area (Å²) in [4.78, 5) is 4.38. The van der Waals surface area contributed by atoms with Gasteiger partial charge in [-0.05, 0) is 31.4 Å². The summed E-state index contributed by atoms with van der Waals surface area (Å²) in [5.41, 5.74) is 7.97. The van der Waals surface area contributed by atoms with Gasteiger partial charge in [0, 0.05) is 6.04 Å². The van der Waals surface area contributed by atoms with Crippen LogP contribution < -0.4 is 11.1 Å². The summed E-state index contributed by atoms with van der Waals surface area (Å²) in [6.07, 6.45) is 2.29. The Kier molecular flexibility index (Phi) is 3.75. The lowest BCUT2D eigenvalue weighted by atomic mass is 10.0. The molecule has 1 heterocycles. The number of anilines is 2. The summed E-state index contributed by atoms with van der Waals surface area (Å²) < 4.78 is 5.63. The van der Waals surface area contributed by atoms with Crippen LogP contribution in [0.1, 0.15) is 33.6 Å². The molecule has 0 radical (unpaired) electrons. The van der Waals surface area contributed by atoms with Gasteiger partial charge in [-0.2, -0.15) is 4.98 Å². The first-order valence-electron chi connectivity index (χ1n) is 6.51. The van der Waals surface area contributed by atoms with Crippen LogP contribution in [-0.4, -0.2) is 11.0 Å². The van der Waals surface area contributed by atoms with E-state index in [1.807, 2.05) is 18.2 Å². The Bertz CT molecular complexity index is 521. The molecule has 2 aromatic rings. The van der Waals surface area contributed by atoms with Crippen molar-refractivity contribution in [3.8, 4) is 0 Å². The lowest BCUT2D eigenvalue weighted by Gasteiger charge is -2.15. The van der Waals surface area contributed by atoms with E-state index in [2.05, 4.69) is 31.1 Å². The Morgan fingerprint density at radius 1 is 1.39 bits per heavy atom. The van der Waals surface area contributed by atoms with Crippen LogP contribution in [0.3, 0.4) is 0 Å². The Morgan fingerprint density at radius 2 is 2.17 bits per heavy atom. The molecule has 0 saturated carbocycles. The Morgan fingerprint density at radius 3 is 2.83 bits per heavy atom. The zero-order valence-corrected chi connectivity index (χ0v) is 11.2. The summed E-state index contributed by atoms with van der Waals surface area (Å²) >= 11 is 0. The summed E-state index contributed by atoms with van der Waals surface area (Å²) in [7, 11) is 0. The molecule has 2 unspecified atom stereocenters. The SMILES string of the molecule is CCC(C)CC(C)Nc1nc2c(N)cccc2o1. The highest BCUT2D eigenvalue weighted by molar-refractivity contribution is 5.86. The number of oxazole rings is 1. The largest absolute Gasteiger partial charge is 0.423 e. The minimum absolute atomic E-state index is 0.342. The van der Waals surface area contributed by atoms with Crippen molar-refractivity contribution < 1.29 is 4.42 Å². The number of benzene rings is 1. The topological polar surface area (TPSA) is 64.1 Å². The summed E-state index contributed by atoms with van der Waals surface area (Å²) in [5.74, 6) is 0.696. The van der Waals surface area contributed by atoms with Crippen molar-refractivity contribution in [3.63, 3.8) is 0 Å². The number of hydrogen-bond acceptors (Lipinski definition) is 4. The molecular weight excluding hydrogens is 226 g/mol. The molecule has 0 fully saturated rings. The second kappa shape index (κ2) is 5.29. The van der Waals surface area contributed by atoms with Gasteiger partial charge < -0.3 is 15.5 Å². The third kappa shape index (κ3) is 2.75. The van der Waals surface area contributed by atoms with E-state index in [0.29, 0.717) is 23.7 Å². The summed E-state index contributed by atoms with van der Waals surface area (Å²) in [5, 5.41) is 3.29. The molecular formula is C14H21N3O. The number of para-hydroxylation sites is 1. The number of hydrogen-bond donors (Lipinski definition) is 2. The molecule has 0 saturated heterocycles. The molecule has 0 aliphatic carbocycles. The minimum Gasteiger partial charge on any atom is -0.423 e. The van der Waals surface area contributed by atoms with Crippen molar-refractivity contribution in [1.82, 2.24) is 4.98 Å². The lowest BCUT2D eigenvalue weighted by molar-refractivity contribution is 0.475. The molecule has 0 aliphatic heterocycles. The highest BCUT2D eigenvalue weighted by atomic mass is 16.4. The Balaban J connectivity index is 2.10. The highest BCUT2D eigenvalue weighted by Gasteiger charge is 2.12. The van der Waals surface area contributed by atoms with E-state index < -0.39 is 0 Å². The first-order chi connectivity index (χ1) is 8.60. The van der Waals surface area contributed by atoms with Gasteiger partial charge in [-0.25, -0.2) is 0 Å². The van der Waals surface area contributed by atoms with Gasteiger partial charge in [0.15, 0.2) is 5.58 Å². The van der Waals surface area contributed by atoms with E-state index in [1.54, 1.807) is 0 Å². The van der Waals surface area contributed by atoms with Crippen molar-refractivity contribution in [3.05, 3.63) is 18.2 Å². The first kappa shape index (κ1) is 12.7. The van der Waals surface area contributed by atoms with Gasteiger partial charge in [0.1, 0.15) is 5.52 Å². The second-order valence-corrected chi connectivity index (χ2v) is 5.01. The molecule has 0 aliphatic rings. The van der Waals surface area contributed by atoms with Gasteiger partial charge in [0.25, 0.3) is 6.01 Å². The van der Waals surface area contributed by atoms with Gasteiger partial charge in [-0.15, -0.1) is 0 Å². The van der Waals surface area contributed by atoms with Crippen LogP contribution in [0.25, 0.3) is 11.1 Å². The van der Waals surface area contributed by atoms with E-state index in [0.717, 1.165) is 17.5 Å². The number of nitrogens with two attached hydrogens (primary N) is 1. The van der Waals surface area contributed by atoms with Crippen molar-refractivity contribution in [2.45, 2.75) is 39.7 Å². The molecule has 98 valence electrons. The first-order valence-corrected chi connectivity index (χ1v) is 6.51. The molecule has 1 aromatic heterocycles. The van der Waals surface area contributed by atoms with Gasteiger partial charge in [-0.3, -0.25) is 0 Å². The van der Waals surface area contributed by atoms with Crippen LogP contribution >= 0.6 is 0 Å². The second-order valence-electron chi connectivity index (χ2n) is 5.01.